The zero-order chi connectivity index (χ0) is 22.0. The molecule has 1 unspecified atom stereocenters. The van der Waals surface area contributed by atoms with Crippen molar-refractivity contribution in [3.8, 4) is 0 Å². The van der Waals surface area contributed by atoms with Gasteiger partial charge >= 0.3 is 0 Å². The van der Waals surface area contributed by atoms with Crippen molar-refractivity contribution in [2.24, 2.45) is 13.0 Å². The van der Waals surface area contributed by atoms with Gasteiger partial charge in [-0.2, -0.15) is 0 Å². The summed E-state index contributed by atoms with van der Waals surface area (Å²) in [5.74, 6) is -0.282. The first kappa shape index (κ1) is 21.0. The van der Waals surface area contributed by atoms with Crippen LogP contribution in [0, 0.1) is 16.0 Å². The van der Waals surface area contributed by atoms with Crippen LogP contribution in [0.5, 0.6) is 0 Å². The number of hydrogen-bond donors (Lipinski definition) is 0. The van der Waals surface area contributed by atoms with Gasteiger partial charge in [-0.3, -0.25) is 19.7 Å². The van der Waals surface area contributed by atoms with Crippen molar-refractivity contribution >= 4 is 23.1 Å². The van der Waals surface area contributed by atoms with Gasteiger partial charge in [0.25, 0.3) is 5.69 Å². The monoisotopic (exact) mass is 427 g/mol. The molecule has 0 spiro atoms. The largest absolute Gasteiger partial charge is 0.378 e. The number of nitrogens with zero attached hydrogens (tertiary/aromatic N) is 5. The van der Waals surface area contributed by atoms with Crippen LogP contribution in [0.4, 0.5) is 11.4 Å². The lowest BCUT2D eigenvalue weighted by Crippen LogP contribution is -2.48. The molecule has 0 radical (unpaired) electrons. The molecule has 1 atom stereocenters. The van der Waals surface area contributed by atoms with Gasteiger partial charge in [0.05, 0.1) is 24.1 Å². The Morgan fingerprint density at radius 3 is 2.68 bits per heavy atom. The predicted octanol–water partition coefficient (Wildman–Crippen LogP) is 1.63. The number of imidazole rings is 1. The van der Waals surface area contributed by atoms with E-state index in [2.05, 4.69) is 4.98 Å². The number of nitro groups is 1. The van der Waals surface area contributed by atoms with Gasteiger partial charge in [0.15, 0.2) is 5.82 Å². The summed E-state index contributed by atoms with van der Waals surface area (Å²) < 4.78 is 6.90. The first-order chi connectivity index (χ1) is 15.0. The zero-order valence-corrected chi connectivity index (χ0v) is 17.4. The van der Waals surface area contributed by atoms with E-state index in [0.717, 1.165) is 12.8 Å². The number of ketones is 1. The number of nitro benzene ring substituents is 1. The fourth-order valence-electron chi connectivity index (χ4n) is 4.23. The Morgan fingerprint density at radius 1 is 1.23 bits per heavy atom. The molecule has 10 heteroatoms. The van der Waals surface area contributed by atoms with Crippen molar-refractivity contribution < 1.29 is 19.2 Å². The molecule has 1 amide bonds. The number of amides is 1. The average molecular weight is 427 g/mol. The minimum Gasteiger partial charge on any atom is -0.378 e. The first-order valence-electron chi connectivity index (χ1n) is 10.4. The summed E-state index contributed by atoms with van der Waals surface area (Å²) in [6.45, 7) is 3.29. The summed E-state index contributed by atoms with van der Waals surface area (Å²) in [6.07, 6.45) is 4.69. The number of benzene rings is 1. The maximum atomic E-state index is 12.9. The van der Waals surface area contributed by atoms with Gasteiger partial charge in [-0.05, 0) is 25.0 Å². The van der Waals surface area contributed by atoms with Crippen LogP contribution in [0.2, 0.25) is 0 Å². The second-order valence-corrected chi connectivity index (χ2v) is 7.87. The molecular formula is C21H25N5O5. The van der Waals surface area contributed by atoms with Crippen LogP contribution in [-0.4, -0.2) is 70.5 Å². The van der Waals surface area contributed by atoms with E-state index in [1.165, 1.54) is 12.3 Å². The Bertz CT molecular complexity index is 998. The van der Waals surface area contributed by atoms with Crippen LogP contribution in [0.25, 0.3) is 0 Å². The fourth-order valence-corrected chi connectivity index (χ4v) is 4.23. The third kappa shape index (κ3) is 4.29. The molecule has 0 N–H and O–H groups in total. The van der Waals surface area contributed by atoms with Crippen molar-refractivity contribution in [3.05, 3.63) is 52.1 Å². The van der Waals surface area contributed by atoms with Gasteiger partial charge in [0.2, 0.25) is 11.7 Å². The van der Waals surface area contributed by atoms with E-state index in [9.17, 15) is 19.7 Å². The van der Waals surface area contributed by atoms with Crippen molar-refractivity contribution in [1.29, 1.82) is 0 Å². The molecule has 0 bridgehead atoms. The van der Waals surface area contributed by atoms with Crippen LogP contribution < -0.4 is 4.90 Å². The predicted molar refractivity (Wildman–Crippen MR) is 112 cm³/mol. The summed E-state index contributed by atoms with van der Waals surface area (Å²) >= 11 is 0. The number of rotatable bonds is 5. The molecule has 10 nitrogen and oxygen atoms in total. The van der Waals surface area contributed by atoms with E-state index in [-0.39, 0.29) is 34.7 Å². The Hall–Kier alpha value is -3.27. The van der Waals surface area contributed by atoms with Crippen molar-refractivity contribution in [3.63, 3.8) is 0 Å². The molecular weight excluding hydrogens is 402 g/mol. The summed E-state index contributed by atoms with van der Waals surface area (Å²) in [5.41, 5.74) is 0.503. The maximum Gasteiger partial charge on any atom is 0.293 e. The lowest BCUT2D eigenvalue weighted by molar-refractivity contribution is -0.384. The third-order valence-electron chi connectivity index (χ3n) is 5.89. The Labute approximate surface area is 179 Å². The third-order valence-corrected chi connectivity index (χ3v) is 5.89. The van der Waals surface area contributed by atoms with E-state index in [0.29, 0.717) is 45.1 Å². The molecule has 0 saturated carbocycles. The average Bonchev–Trinajstić information content (AvgIpc) is 3.24. The van der Waals surface area contributed by atoms with Gasteiger partial charge < -0.3 is 19.1 Å². The number of anilines is 1. The summed E-state index contributed by atoms with van der Waals surface area (Å²) in [7, 11) is 1.70. The highest BCUT2D eigenvalue weighted by molar-refractivity contribution is 6.07. The second kappa shape index (κ2) is 8.84. The Morgan fingerprint density at radius 2 is 2.00 bits per heavy atom. The Balaban J connectivity index is 1.56. The van der Waals surface area contributed by atoms with Crippen molar-refractivity contribution in [2.45, 2.75) is 12.8 Å². The number of piperidine rings is 1. The van der Waals surface area contributed by atoms with Gasteiger partial charge in [-0.15, -0.1) is 0 Å². The SMILES string of the molecule is Cn1ccnc1C(=O)c1ccc(N2CCCC(C(=O)N3CCOCC3)C2)c([N+](=O)[O-])c1. The summed E-state index contributed by atoms with van der Waals surface area (Å²) in [4.78, 5) is 44.7. The van der Waals surface area contributed by atoms with Crippen LogP contribution in [-0.2, 0) is 16.6 Å². The molecule has 4 rings (SSSR count). The first-order valence-corrected chi connectivity index (χ1v) is 10.4. The van der Waals surface area contributed by atoms with Crippen molar-refractivity contribution in [1.82, 2.24) is 14.5 Å². The van der Waals surface area contributed by atoms with Gasteiger partial charge in [-0.25, -0.2) is 4.98 Å². The molecule has 1 aromatic carbocycles. The highest BCUT2D eigenvalue weighted by atomic mass is 16.6. The second-order valence-electron chi connectivity index (χ2n) is 7.87. The minimum atomic E-state index is -0.474. The lowest BCUT2D eigenvalue weighted by atomic mass is 9.95. The van der Waals surface area contributed by atoms with Crippen LogP contribution >= 0.6 is 0 Å². The number of hydrogen-bond acceptors (Lipinski definition) is 7. The molecule has 2 aromatic rings. The van der Waals surface area contributed by atoms with Gasteiger partial charge in [-0.1, -0.05) is 0 Å². The quantitative estimate of drug-likeness (QED) is 0.405. The molecule has 3 heterocycles. The fraction of sp³-hybridized carbons (Fsp3) is 0.476. The molecule has 0 aliphatic carbocycles. The molecule has 2 saturated heterocycles. The highest BCUT2D eigenvalue weighted by Gasteiger charge is 2.32. The minimum absolute atomic E-state index is 0.0808. The van der Waals surface area contributed by atoms with Crippen LogP contribution in [0.3, 0.4) is 0 Å². The smallest absolute Gasteiger partial charge is 0.293 e. The van der Waals surface area contributed by atoms with Gasteiger partial charge in [0, 0.05) is 57.3 Å². The number of aromatic nitrogens is 2. The van der Waals surface area contributed by atoms with Crippen LogP contribution in [0.1, 0.15) is 29.0 Å². The molecule has 31 heavy (non-hydrogen) atoms. The summed E-state index contributed by atoms with van der Waals surface area (Å²) in [5, 5.41) is 11.8. The van der Waals surface area contributed by atoms with Crippen molar-refractivity contribution in [2.75, 3.05) is 44.3 Å². The zero-order valence-electron chi connectivity index (χ0n) is 17.4. The van der Waals surface area contributed by atoms with Crippen LogP contribution in [0.15, 0.2) is 30.6 Å². The maximum absolute atomic E-state index is 12.9. The summed E-state index contributed by atoms with van der Waals surface area (Å²) in [6, 6.07) is 4.50. The highest BCUT2D eigenvalue weighted by Crippen LogP contribution is 2.33. The molecule has 164 valence electrons. The number of carbonyl (C=O) groups excluding carboxylic acids is 2. The number of morpholine rings is 1. The van der Waals surface area contributed by atoms with E-state index in [4.69, 9.17) is 4.74 Å². The lowest BCUT2D eigenvalue weighted by Gasteiger charge is -2.37. The molecule has 2 fully saturated rings. The van der Waals surface area contributed by atoms with E-state index >= 15 is 0 Å². The number of aryl methyl sites for hydroxylation is 1. The number of carbonyl (C=O) groups is 2. The normalized spacial score (nSPS) is 19.3. The number of ether oxygens (including phenoxy) is 1. The standard InChI is InChI=1S/C21H25N5O5/c1-23-8-6-22-20(23)19(27)15-4-5-17(18(13-15)26(29)30)25-7-2-3-16(14-25)21(28)24-9-11-31-12-10-24/h4-6,8,13,16H,2-3,7,9-12,14H2,1H3. The molecule has 2 aliphatic rings. The topological polar surface area (TPSA) is 111 Å². The van der Waals surface area contributed by atoms with E-state index in [1.54, 1.807) is 29.9 Å². The molecule has 2 aliphatic heterocycles. The molecule has 1 aromatic heterocycles. The van der Waals surface area contributed by atoms with Gasteiger partial charge in [0.1, 0.15) is 5.69 Å². The van der Waals surface area contributed by atoms with E-state index in [1.807, 2.05) is 9.80 Å². The Kier molecular flexibility index (Phi) is 5.99. The van der Waals surface area contributed by atoms with E-state index < -0.39 is 4.92 Å².